The van der Waals surface area contributed by atoms with E-state index in [4.69, 9.17) is 0 Å². The lowest BCUT2D eigenvalue weighted by Crippen LogP contribution is -2.55. The Hall–Kier alpha value is -2.74. The summed E-state index contributed by atoms with van der Waals surface area (Å²) in [5.41, 5.74) is -0.673. The second-order valence-electron chi connectivity index (χ2n) is 10.5. The van der Waals surface area contributed by atoms with Gasteiger partial charge in [0.05, 0.1) is 0 Å². The first kappa shape index (κ1) is 24.0. The van der Waals surface area contributed by atoms with E-state index in [2.05, 4.69) is 17.2 Å². The maximum atomic E-state index is 13.9. The van der Waals surface area contributed by atoms with Crippen LogP contribution in [0.2, 0.25) is 0 Å². The zero-order valence-corrected chi connectivity index (χ0v) is 21.2. The molecule has 1 aliphatic carbocycles. The Morgan fingerprint density at radius 1 is 1.14 bits per heavy atom. The lowest BCUT2D eigenvalue weighted by molar-refractivity contribution is -0.145. The molecule has 3 aliphatic rings. The number of amides is 4. The average Bonchev–Trinajstić information content (AvgIpc) is 3.50. The first-order valence-corrected chi connectivity index (χ1v) is 13.7. The van der Waals surface area contributed by atoms with Crippen LogP contribution in [0.25, 0.3) is 0 Å². The number of carbonyl (C=O) groups excluding carboxylic acids is 3. The zero-order valence-electron chi connectivity index (χ0n) is 20.4. The molecule has 0 bridgehead atoms. The summed E-state index contributed by atoms with van der Waals surface area (Å²) in [6.45, 7) is 3.69. The second-order valence-corrected chi connectivity index (χ2v) is 11.5. The van der Waals surface area contributed by atoms with Crippen LogP contribution >= 0.6 is 11.3 Å². The van der Waals surface area contributed by atoms with Gasteiger partial charge in [-0.2, -0.15) is 0 Å². The number of pyridine rings is 1. The van der Waals surface area contributed by atoms with Gasteiger partial charge in [-0.1, -0.05) is 38.3 Å². The fourth-order valence-corrected chi connectivity index (χ4v) is 6.92. The number of hydrogen-bond donors (Lipinski definition) is 1. The quantitative estimate of drug-likeness (QED) is 0.606. The molecule has 0 radical (unpaired) electrons. The predicted octanol–water partition coefficient (Wildman–Crippen LogP) is 4.34. The van der Waals surface area contributed by atoms with Crippen molar-refractivity contribution < 1.29 is 14.4 Å². The molecule has 1 saturated carbocycles. The Balaban J connectivity index is 1.35. The van der Waals surface area contributed by atoms with Crippen LogP contribution in [0.3, 0.4) is 0 Å². The average molecular weight is 495 g/mol. The van der Waals surface area contributed by atoms with Gasteiger partial charge in [-0.25, -0.2) is 4.79 Å². The number of piperidine rings is 1. The Bertz CT molecular complexity index is 1060. The molecule has 2 aromatic heterocycles. The maximum Gasteiger partial charge on any atom is 0.325 e. The maximum absolute atomic E-state index is 13.9. The molecule has 3 fully saturated rings. The Morgan fingerprint density at radius 3 is 2.57 bits per heavy atom. The fourth-order valence-electron chi connectivity index (χ4n) is 6.22. The van der Waals surface area contributed by atoms with Crippen molar-refractivity contribution in [3.8, 4) is 0 Å². The molecule has 0 aromatic carbocycles. The third kappa shape index (κ3) is 4.37. The Kier molecular flexibility index (Phi) is 6.66. The van der Waals surface area contributed by atoms with Crippen LogP contribution in [0.4, 0.5) is 4.79 Å². The molecule has 4 amide bonds. The van der Waals surface area contributed by atoms with E-state index >= 15 is 0 Å². The number of urea groups is 1. The number of nitrogens with zero attached hydrogens (tertiary/aromatic N) is 3. The van der Waals surface area contributed by atoms with Gasteiger partial charge in [0, 0.05) is 47.9 Å². The predicted molar refractivity (Wildman–Crippen MR) is 135 cm³/mol. The summed E-state index contributed by atoms with van der Waals surface area (Å²) in [5, 5.41) is 5.10. The van der Waals surface area contributed by atoms with Crippen LogP contribution in [0.5, 0.6) is 0 Å². The van der Waals surface area contributed by atoms with Gasteiger partial charge in [-0.05, 0) is 55.5 Å². The van der Waals surface area contributed by atoms with E-state index in [0.717, 1.165) is 36.1 Å². The number of imide groups is 1. The highest BCUT2D eigenvalue weighted by Gasteiger charge is 2.57. The standard InChI is InChI=1S/C27H34N4O3S/c1-26(12-3-2-4-13-26)23(32)30-15-9-20(10-16-30)27(21-7-5-14-28-19-21)24(33)31(25(34)29-27)17-11-22-8-6-18-35-22/h5-8,14,18-20H,2-4,9-13,15-17H2,1H3,(H,29,34)/t27-/m1/s1. The van der Waals surface area contributed by atoms with Crippen molar-refractivity contribution in [3.05, 3.63) is 52.5 Å². The van der Waals surface area contributed by atoms with Gasteiger partial charge in [0.2, 0.25) is 5.91 Å². The Labute approximate surface area is 210 Å². The molecule has 8 heteroatoms. The normalized spacial score (nSPS) is 25.1. The second kappa shape index (κ2) is 9.72. The number of carbonyl (C=O) groups is 3. The highest BCUT2D eigenvalue weighted by atomic mass is 32.1. The van der Waals surface area contributed by atoms with Crippen LogP contribution in [-0.2, 0) is 21.5 Å². The largest absolute Gasteiger partial charge is 0.342 e. The first-order valence-electron chi connectivity index (χ1n) is 12.8. The topological polar surface area (TPSA) is 82.6 Å². The van der Waals surface area contributed by atoms with Crippen molar-refractivity contribution in [1.82, 2.24) is 20.1 Å². The number of aromatic nitrogens is 1. The van der Waals surface area contributed by atoms with E-state index < -0.39 is 5.54 Å². The summed E-state index contributed by atoms with van der Waals surface area (Å²) < 4.78 is 0. The van der Waals surface area contributed by atoms with E-state index in [1.807, 2.05) is 34.5 Å². The molecule has 35 heavy (non-hydrogen) atoms. The van der Waals surface area contributed by atoms with Crippen LogP contribution in [0.15, 0.2) is 42.0 Å². The molecule has 186 valence electrons. The van der Waals surface area contributed by atoms with Gasteiger partial charge in [0.25, 0.3) is 5.91 Å². The van der Waals surface area contributed by atoms with E-state index in [1.54, 1.807) is 23.7 Å². The number of rotatable bonds is 6. The lowest BCUT2D eigenvalue weighted by atomic mass is 9.72. The SMILES string of the molecule is CC1(C(=O)N2CCC([C@]3(c4cccnc4)NC(=O)N(CCc4cccs4)C3=O)CC2)CCCCC1. The molecule has 4 heterocycles. The highest BCUT2D eigenvalue weighted by molar-refractivity contribution is 7.09. The molecule has 0 unspecified atom stereocenters. The lowest BCUT2D eigenvalue weighted by Gasteiger charge is -2.44. The fraction of sp³-hybridized carbons (Fsp3) is 0.556. The summed E-state index contributed by atoms with van der Waals surface area (Å²) in [4.78, 5) is 49.2. The van der Waals surface area contributed by atoms with Gasteiger partial charge in [0.1, 0.15) is 0 Å². The van der Waals surface area contributed by atoms with Crippen molar-refractivity contribution in [1.29, 1.82) is 0 Å². The van der Waals surface area contributed by atoms with Gasteiger partial charge in [-0.3, -0.25) is 19.5 Å². The minimum Gasteiger partial charge on any atom is -0.342 e. The number of thiophene rings is 1. The molecule has 1 atom stereocenters. The molecular weight excluding hydrogens is 460 g/mol. The minimum atomic E-state index is -1.13. The van der Waals surface area contributed by atoms with Crippen molar-refractivity contribution in [3.63, 3.8) is 0 Å². The van der Waals surface area contributed by atoms with Crippen LogP contribution < -0.4 is 5.32 Å². The van der Waals surface area contributed by atoms with Gasteiger partial charge in [0.15, 0.2) is 5.54 Å². The summed E-state index contributed by atoms with van der Waals surface area (Å²) in [6.07, 6.45) is 10.7. The molecule has 5 rings (SSSR count). The van der Waals surface area contributed by atoms with Crippen LogP contribution in [0.1, 0.15) is 62.3 Å². The number of hydrogen-bond acceptors (Lipinski definition) is 5. The number of likely N-dealkylation sites (tertiary alicyclic amines) is 1. The van der Waals surface area contributed by atoms with Gasteiger partial charge < -0.3 is 10.2 Å². The van der Waals surface area contributed by atoms with Crippen LogP contribution in [-0.4, -0.2) is 52.3 Å². The first-order chi connectivity index (χ1) is 16.9. The van der Waals surface area contributed by atoms with Crippen molar-refractivity contribution in [2.24, 2.45) is 11.3 Å². The molecule has 2 saturated heterocycles. The summed E-state index contributed by atoms with van der Waals surface area (Å²) in [7, 11) is 0. The van der Waals surface area contributed by atoms with Gasteiger partial charge in [-0.15, -0.1) is 11.3 Å². The summed E-state index contributed by atoms with van der Waals surface area (Å²) >= 11 is 1.63. The van der Waals surface area contributed by atoms with E-state index in [1.165, 1.54) is 11.3 Å². The zero-order chi connectivity index (χ0) is 24.5. The van der Waals surface area contributed by atoms with E-state index in [0.29, 0.717) is 38.9 Å². The highest BCUT2D eigenvalue weighted by Crippen LogP contribution is 2.43. The van der Waals surface area contributed by atoms with Crippen molar-refractivity contribution in [2.75, 3.05) is 19.6 Å². The third-order valence-corrected chi connectivity index (χ3v) is 9.21. The minimum absolute atomic E-state index is 0.0990. The van der Waals surface area contributed by atoms with E-state index in [-0.39, 0.29) is 29.2 Å². The molecule has 2 aromatic rings. The molecule has 7 nitrogen and oxygen atoms in total. The summed E-state index contributed by atoms with van der Waals surface area (Å²) in [6, 6.07) is 7.36. The Morgan fingerprint density at radius 2 is 1.91 bits per heavy atom. The number of nitrogens with one attached hydrogen (secondary N) is 1. The molecule has 2 aliphatic heterocycles. The van der Waals surface area contributed by atoms with Crippen molar-refractivity contribution in [2.45, 2.75) is 63.8 Å². The molecule has 1 N–H and O–H groups in total. The van der Waals surface area contributed by atoms with Crippen LogP contribution in [0, 0.1) is 11.3 Å². The van der Waals surface area contributed by atoms with Gasteiger partial charge >= 0.3 is 6.03 Å². The van der Waals surface area contributed by atoms with E-state index in [9.17, 15) is 14.4 Å². The summed E-state index contributed by atoms with van der Waals surface area (Å²) in [5.74, 6) is -0.0420. The third-order valence-electron chi connectivity index (χ3n) is 8.28. The van der Waals surface area contributed by atoms with Crippen molar-refractivity contribution >= 4 is 29.2 Å². The molecular formula is C27H34N4O3S. The molecule has 0 spiro atoms. The monoisotopic (exact) mass is 494 g/mol. The smallest absolute Gasteiger partial charge is 0.325 e.